The second kappa shape index (κ2) is 9.37. The van der Waals surface area contributed by atoms with E-state index in [1.807, 2.05) is 72.3 Å². The Morgan fingerprint density at radius 1 is 1.04 bits per heavy atom. The SMILES string of the molecule is Cc1ccc(Br)cc1NC(=O)CCNC(=O)c1cccn1Cc1ccccc1. The standard InChI is InChI=1S/C22H22BrN3O2/c1-16-9-10-18(23)14-19(16)25-21(27)11-12-24-22(28)20-8-5-13-26(20)15-17-6-3-2-4-7-17/h2-10,13-14H,11-12,15H2,1H3,(H,24,28)(H,25,27). The Morgan fingerprint density at radius 3 is 2.61 bits per heavy atom. The number of benzene rings is 2. The van der Waals surface area contributed by atoms with E-state index in [1.54, 1.807) is 6.07 Å². The third-order valence-electron chi connectivity index (χ3n) is 4.37. The van der Waals surface area contributed by atoms with Crippen molar-refractivity contribution in [2.45, 2.75) is 19.9 Å². The fourth-order valence-electron chi connectivity index (χ4n) is 2.86. The van der Waals surface area contributed by atoms with E-state index in [0.717, 1.165) is 21.3 Å². The summed E-state index contributed by atoms with van der Waals surface area (Å²) >= 11 is 3.40. The van der Waals surface area contributed by atoms with Gasteiger partial charge in [-0.2, -0.15) is 0 Å². The van der Waals surface area contributed by atoms with Crippen LogP contribution in [0.1, 0.15) is 28.0 Å². The number of hydrogen-bond acceptors (Lipinski definition) is 2. The summed E-state index contributed by atoms with van der Waals surface area (Å²) in [5.41, 5.74) is 3.45. The van der Waals surface area contributed by atoms with Crippen molar-refractivity contribution in [2.24, 2.45) is 0 Å². The lowest BCUT2D eigenvalue weighted by atomic mass is 10.2. The lowest BCUT2D eigenvalue weighted by Crippen LogP contribution is -2.29. The van der Waals surface area contributed by atoms with Crippen LogP contribution in [0.5, 0.6) is 0 Å². The Morgan fingerprint density at radius 2 is 1.82 bits per heavy atom. The molecular weight excluding hydrogens is 418 g/mol. The van der Waals surface area contributed by atoms with Crippen LogP contribution in [-0.4, -0.2) is 22.9 Å². The molecule has 144 valence electrons. The number of halogens is 1. The molecule has 0 spiro atoms. The predicted octanol–water partition coefficient (Wildman–Crippen LogP) is 4.37. The summed E-state index contributed by atoms with van der Waals surface area (Å²) < 4.78 is 2.80. The number of hydrogen-bond donors (Lipinski definition) is 2. The molecule has 0 bridgehead atoms. The number of anilines is 1. The minimum Gasteiger partial charge on any atom is -0.350 e. The Hall–Kier alpha value is -2.86. The Balaban J connectivity index is 1.51. The monoisotopic (exact) mass is 439 g/mol. The zero-order valence-corrected chi connectivity index (χ0v) is 17.2. The van der Waals surface area contributed by atoms with Crippen molar-refractivity contribution in [1.29, 1.82) is 0 Å². The first-order valence-corrected chi connectivity index (χ1v) is 9.85. The van der Waals surface area contributed by atoms with Gasteiger partial charge in [-0.3, -0.25) is 9.59 Å². The molecule has 3 rings (SSSR count). The zero-order valence-electron chi connectivity index (χ0n) is 15.6. The summed E-state index contributed by atoms with van der Waals surface area (Å²) in [5, 5.41) is 5.70. The molecular formula is C22H22BrN3O2. The molecule has 6 heteroatoms. The van der Waals surface area contributed by atoms with Crippen LogP contribution in [-0.2, 0) is 11.3 Å². The maximum absolute atomic E-state index is 12.5. The highest BCUT2D eigenvalue weighted by Gasteiger charge is 2.12. The van der Waals surface area contributed by atoms with Crippen LogP contribution in [0.15, 0.2) is 71.3 Å². The van der Waals surface area contributed by atoms with Gasteiger partial charge in [0, 0.05) is 35.9 Å². The van der Waals surface area contributed by atoms with Crippen molar-refractivity contribution in [3.63, 3.8) is 0 Å². The molecule has 0 fully saturated rings. The van der Waals surface area contributed by atoms with E-state index in [2.05, 4.69) is 26.6 Å². The molecule has 0 aliphatic rings. The largest absolute Gasteiger partial charge is 0.350 e. The van der Waals surface area contributed by atoms with Crippen LogP contribution in [0.25, 0.3) is 0 Å². The van der Waals surface area contributed by atoms with Crippen LogP contribution in [0, 0.1) is 6.92 Å². The van der Waals surface area contributed by atoms with Gasteiger partial charge in [-0.25, -0.2) is 0 Å². The molecule has 0 atom stereocenters. The lowest BCUT2D eigenvalue weighted by Gasteiger charge is -2.11. The summed E-state index contributed by atoms with van der Waals surface area (Å²) in [7, 11) is 0. The van der Waals surface area contributed by atoms with Crippen molar-refractivity contribution in [3.05, 3.63) is 88.2 Å². The van der Waals surface area contributed by atoms with Crippen molar-refractivity contribution in [2.75, 3.05) is 11.9 Å². The Kier molecular flexibility index (Phi) is 6.66. The van der Waals surface area contributed by atoms with Crippen molar-refractivity contribution in [3.8, 4) is 0 Å². The Labute approximate surface area is 172 Å². The molecule has 0 radical (unpaired) electrons. The number of aromatic nitrogens is 1. The van der Waals surface area contributed by atoms with Crippen LogP contribution >= 0.6 is 15.9 Å². The molecule has 2 amide bonds. The summed E-state index contributed by atoms with van der Waals surface area (Å²) in [6.07, 6.45) is 2.09. The predicted molar refractivity (Wildman–Crippen MR) is 114 cm³/mol. The maximum Gasteiger partial charge on any atom is 0.267 e. The van der Waals surface area contributed by atoms with Gasteiger partial charge >= 0.3 is 0 Å². The quantitative estimate of drug-likeness (QED) is 0.573. The van der Waals surface area contributed by atoms with Gasteiger partial charge in [-0.15, -0.1) is 0 Å². The normalized spacial score (nSPS) is 10.5. The number of rotatable bonds is 7. The molecule has 2 aromatic carbocycles. The third kappa shape index (κ3) is 5.33. The summed E-state index contributed by atoms with van der Waals surface area (Å²) in [6, 6.07) is 19.3. The summed E-state index contributed by atoms with van der Waals surface area (Å²) in [5.74, 6) is -0.325. The zero-order chi connectivity index (χ0) is 19.9. The number of amides is 2. The summed E-state index contributed by atoms with van der Waals surface area (Å²) in [4.78, 5) is 24.7. The second-order valence-corrected chi connectivity index (χ2v) is 7.44. The molecule has 1 heterocycles. The van der Waals surface area contributed by atoms with E-state index in [0.29, 0.717) is 12.2 Å². The highest BCUT2D eigenvalue weighted by molar-refractivity contribution is 9.10. The molecule has 0 saturated heterocycles. The van der Waals surface area contributed by atoms with E-state index in [9.17, 15) is 9.59 Å². The van der Waals surface area contributed by atoms with Gasteiger partial charge in [-0.05, 0) is 42.3 Å². The number of carbonyl (C=O) groups excluding carboxylic acids is 2. The van der Waals surface area contributed by atoms with Crippen molar-refractivity contribution in [1.82, 2.24) is 9.88 Å². The molecule has 28 heavy (non-hydrogen) atoms. The van der Waals surface area contributed by atoms with Gasteiger partial charge < -0.3 is 15.2 Å². The molecule has 2 N–H and O–H groups in total. The molecule has 5 nitrogen and oxygen atoms in total. The van der Waals surface area contributed by atoms with E-state index in [1.165, 1.54) is 0 Å². The molecule has 1 aromatic heterocycles. The van der Waals surface area contributed by atoms with Gasteiger partial charge in [0.2, 0.25) is 5.91 Å². The van der Waals surface area contributed by atoms with Gasteiger partial charge in [-0.1, -0.05) is 52.3 Å². The van der Waals surface area contributed by atoms with Gasteiger partial charge in [0.05, 0.1) is 0 Å². The fraction of sp³-hybridized carbons (Fsp3) is 0.182. The first kappa shape index (κ1) is 19.9. The molecule has 0 unspecified atom stereocenters. The van der Waals surface area contributed by atoms with Crippen LogP contribution in [0.2, 0.25) is 0 Å². The van der Waals surface area contributed by atoms with Gasteiger partial charge in [0.25, 0.3) is 5.91 Å². The first-order chi connectivity index (χ1) is 13.5. The number of nitrogens with one attached hydrogen (secondary N) is 2. The number of carbonyl (C=O) groups is 2. The average molecular weight is 440 g/mol. The van der Waals surface area contributed by atoms with Crippen LogP contribution in [0.4, 0.5) is 5.69 Å². The highest BCUT2D eigenvalue weighted by atomic mass is 79.9. The van der Waals surface area contributed by atoms with E-state index >= 15 is 0 Å². The molecule has 0 saturated carbocycles. The maximum atomic E-state index is 12.5. The molecule has 0 aliphatic heterocycles. The van der Waals surface area contributed by atoms with Crippen molar-refractivity contribution < 1.29 is 9.59 Å². The van der Waals surface area contributed by atoms with Crippen molar-refractivity contribution >= 4 is 33.4 Å². The minimum absolute atomic E-state index is 0.138. The number of aryl methyl sites for hydroxylation is 1. The highest BCUT2D eigenvalue weighted by Crippen LogP contribution is 2.20. The van der Waals surface area contributed by atoms with E-state index in [4.69, 9.17) is 0 Å². The Bertz CT molecular complexity index is 967. The third-order valence-corrected chi connectivity index (χ3v) is 4.86. The molecule has 0 aliphatic carbocycles. The summed E-state index contributed by atoms with van der Waals surface area (Å²) in [6.45, 7) is 2.83. The smallest absolute Gasteiger partial charge is 0.267 e. The van der Waals surface area contributed by atoms with Crippen LogP contribution in [0.3, 0.4) is 0 Å². The molecule has 3 aromatic rings. The lowest BCUT2D eigenvalue weighted by molar-refractivity contribution is -0.116. The van der Waals surface area contributed by atoms with Crippen LogP contribution < -0.4 is 10.6 Å². The second-order valence-electron chi connectivity index (χ2n) is 6.52. The minimum atomic E-state index is -0.188. The number of nitrogens with zero attached hydrogens (tertiary/aromatic N) is 1. The van der Waals surface area contributed by atoms with E-state index in [-0.39, 0.29) is 24.8 Å². The first-order valence-electron chi connectivity index (χ1n) is 9.06. The van der Waals surface area contributed by atoms with Gasteiger partial charge in [0.1, 0.15) is 5.69 Å². The topological polar surface area (TPSA) is 63.1 Å². The van der Waals surface area contributed by atoms with E-state index < -0.39 is 0 Å². The average Bonchev–Trinajstić information content (AvgIpc) is 3.13. The fourth-order valence-corrected chi connectivity index (χ4v) is 3.22. The van der Waals surface area contributed by atoms with Gasteiger partial charge in [0.15, 0.2) is 0 Å².